The second-order valence-corrected chi connectivity index (χ2v) is 6.52. The van der Waals surface area contributed by atoms with E-state index in [1.165, 1.54) is 43.6 Å². The van der Waals surface area contributed by atoms with Gasteiger partial charge in [0.15, 0.2) is 0 Å². The standard InChI is InChI=1S/C17H26N2/c1-13(2)15-9-10-19(12-15)16-8-7-14-5-3-4-6-17(14)18-11-16/h3-6,13,15-16,18H,7-12H2,1-2H3. The van der Waals surface area contributed by atoms with Crippen molar-refractivity contribution in [2.45, 2.75) is 39.2 Å². The SMILES string of the molecule is CC(C)C1CCN(C2CCc3ccccc3NC2)C1. The van der Waals surface area contributed by atoms with Crippen molar-refractivity contribution >= 4 is 5.69 Å². The van der Waals surface area contributed by atoms with Crippen LogP contribution in [0, 0.1) is 11.8 Å². The highest BCUT2D eigenvalue weighted by molar-refractivity contribution is 5.52. The molecule has 1 saturated heterocycles. The fourth-order valence-corrected chi connectivity index (χ4v) is 3.57. The Morgan fingerprint density at radius 1 is 1.21 bits per heavy atom. The summed E-state index contributed by atoms with van der Waals surface area (Å²) in [4.78, 5) is 2.73. The maximum Gasteiger partial charge on any atom is 0.0373 e. The number of rotatable bonds is 2. The molecule has 1 fully saturated rings. The van der Waals surface area contributed by atoms with Gasteiger partial charge < -0.3 is 5.32 Å². The molecule has 2 nitrogen and oxygen atoms in total. The molecule has 19 heavy (non-hydrogen) atoms. The third kappa shape index (κ3) is 2.79. The lowest BCUT2D eigenvalue weighted by Gasteiger charge is -2.27. The van der Waals surface area contributed by atoms with Crippen molar-refractivity contribution < 1.29 is 0 Å². The van der Waals surface area contributed by atoms with E-state index in [0.29, 0.717) is 0 Å². The third-order valence-electron chi connectivity index (χ3n) is 5.01. The topological polar surface area (TPSA) is 15.3 Å². The number of benzene rings is 1. The monoisotopic (exact) mass is 258 g/mol. The maximum atomic E-state index is 3.65. The lowest BCUT2D eigenvalue weighted by molar-refractivity contribution is 0.225. The largest absolute Gasteiger partial charge is 0.383 e. The first-order chi connectivity index (χ1) is 9.24. The minimum Gasteiger partial charge on any atom is -0.383 e. The van der Waals surface area contributed by atoms with Crippen LogP contribution in [0.1, 0.15) is 32.3 Å². The molecule has 2 unspecified atom stereocenters. The van der Waals surface area contributed by atoms with Crippen molar-refractivity contribution in [3.63, 3.8) is 0 Å². The molecule has 0 bridgehead atoms. The minimum absolute atomic E-state index is 0.719. The number of para-hydroxylation sites is 1. The van der Waals surface area contributed by atoms with Gasteiger partial charge >= 0.3 is 0 Å². The summed E-state index contributed by atoms with van der Waals surface area (Å²) in [6, 6.07) is 9.50. The van der Waals surface area contributed by atoms with Crippen LogP contribution >= 0.6 is 0 Å². The highest BCUT2D eigenvalue weighted by atomic mass is 15.2. The molecule has 1 aromatic carbocycles. The second-order valence-electron chi connectivity index (χ2n) is 6.52. The van der Waals surface area contributed by atoms with Gasteiger partial charge in [0.1, 0.15) is 0 Å². The van der Waals surface area contributed by atoms with Crippen LogP contribution in [0.4, 0.5) is 5.69 Å². The van der Waals surface area contributed by atoms with E-state index in [4.69, 9.17) is 0 Å². The van der Waals surface area contributed by atoms with Crippen molar-refractivity contribution in [2.24, 2.45) is 11.8 Å². The van der Waals surface area contributed by atoms with Gasteiger partial charge in [0, 0.05) is 24.8 Å². The van der Waals surface area contributed by atoms with Crippen LogP contribution in [0.25, 0.3) is 0 Å². The van der Waals surface area contributed by atoms with Gasteiger partial charge in [-0.05, 0) is 49.3 Å². The quantitative estimate of drug-likeness (QED) is 0.874. The molecule has 2 aliphatic rings. The molecule has 1 aromatic rings. The van der Waals surface area contributed by atoms with E-state index in [-0.39, 0.29) is 0 Å². The van der Waals surface area contributed by atoms with Gasteiger partial charge in [0.25, 0.3) is 0 Å². The number of nitrogens with one attached hydrogen (secondary N) is 1. The van der Waals surface area contributed by atoms with E-state index in [2.05, 4.69) is 48.3 Å². The van der Waals surface area contributed by atoms with Crippen LogP contribution in [0.2, 0.25) is 0 Å². The molecule has 0 radical (unpaired) electrons. The molecular weight excluding hydrogens is 232 g/mol. The second kappa shape index (κ2) is 5.54. The molecule has 0 amide bonds. The van der Waals surface area contributed by atoms with Crippen LogP contribution < -0.4 is 5.32 Å². The summed E-state index contributed by atoms with van der Waals surface area (Å²) < 4.78 is 0. The maximum absolute atomic E-state index is 3.65. The Hall–Kier alpha value is -1.02. The minimum atomic E-state index is 0.719. The fraction of sp³-hybridized carbons (Fsp3) is 0.647. The molecular formula is C17H26N2. The molecule has 0 aliphatic carbocycles. The van der Waals surface area contributed by atoms with E-state index in [1.54, 1.807) is 0 Å². The highest BCUT2D eigenvalue weighted by Gasteiger charge is 2.30. The lowest BCUT2D eigenvalue weighted by Crippen LogP contribution is -2.38. The Kier molecular flexibility index (Phi) is 3.79. The molecule has 2 heterocycles. The summed E-state index contributed by atoms with van der Waals surface area (Å²) in [6.45, 7) is 8.46. The Bertz CT molecular complexity index is 400. The van der Waals surface area contributed by atoms with Gasteiger partial charge in [-0.25, -0.2) is 0 Å². The first-order valence-corrected chi connectivity index (χ1v) is 7.80. The average Bonchev–Trinajstić information content (AvgIpc) is 2.80. The van der Waals surface area contributed by atoms with E-state index in [1.807, 2.05) is 0 Å². The van der Waals surface area contributed by atoms with Gasteiger partial charge in [0.2, 0.25) is 0 Å². The van der Waals surface area contributed by atoms with Crippen LogP contribution in [-0.2, 0) is 6.42 Å². The number of hydrogen-bond donors (Lipinski definition) is 1. The summed E-state index contributed by atoms with van der Waals surface area (Å²) >= 11 is 0. The Morgan fingerprint density at radius 2 is 2.05 bits per heavy atom. The predicted molar refractivity (Wildman–Crippen MR) is 81.6 cm³/mol. The van der Waals surface area contributed by atoms with Crippen LogP contribution in [0.15, 0.2) is 24.3 Å². The fourth-order valence-electron chi connectivity index (χ4n) is 3.57. The Balaban J connectivity index is 1.63. The number of likely N-dealkylation sites (tertiary alicyclic amines) is 1. The molecule has 1 N–H and O–H groups in total. The van der Waals surface area contributed by atoms with Gasteiger partial charge in [-0.1, -0.05) is 32.0 Å². The average molecular weight is 258 g/mol. The summed E-state index contributed by atoms with van der Waals surface area (Å²) in [5.74, 6) is 1.74. The predicted octanol–water partition coefficient (Wildman–Crippen LogP) is 3.39. The van der Waals surface area contributed by atoms with Gasteiger partial charge in [0.05, 0.1) is 0 Å². The molecule has 2 atom stereocenters. The Labute approximate surface area is 117 Å². The Morgan fingerprint density at radius 3 is 2.84 bits per heavy atom. The zero-order chi connectivity index (χ0) is 13.2. The van der Waals surface area contributed by atoms with E-state index in [0.717, 1.165) is 24.4 Å². The van der Waals surface area contributed by atoms with Crippen molar-refractivity contribution in [1.82, 2.24) is 4.90 Å². The summed E-state index contributed by atoms with van der Waals surface area (Å²) in [5, 5.41) is 3.65. The number of nitrogens with zero attached hydrogens (tertiary/aromatic N) is 1. The zero-order valence-corrected chi connectivity index (χ0v) is 12.2. The molecule has 2 heteroatoms. The zero-order valence-electron chi connectivity index (χ0n) is 12.2. The molecule has 0 saturated carbocycles. The number of fused-ring (bicyclic) bond motifs is 1. The molecule has 3 rings (SSSR count). The first-order valence-electron chi connectivity index (χ1n) is 7.80. The normalized spacial score (nSPS) is 27.9. The van der Waals surface area contributed by atoms with Crippen molar-refractivity contribution in [3.8, 4) is 0 Å². The lowest BCUT2D eigenvalue weighted by atomic mass is 9.95. The van der Waals surface area contributed by atoms with Crippen LogP contribution in [0.3, 0.4) is 0 Å². The van der Waals surface area contributed by atoms with Crippen molar-refractivity contribution in [1.29, 1.82) is 0 Å². The highest BCUT2D eigenvalue weighted by Crippen LogP contribution is 2.29. The van der Waals surface area contributed by atoms with Gasteiger partial charge in [-0.3, -0.25) is 4.90 Å². The number of anilines is 1. The molecule has 104 valence electrons. The van der Waals surface area contributed by atoms with E-state index < -0.39 is 0 Å². The number of aryl methyl sites for hydroxylation is 1. The van der Waals surface area contributed by atoms with Gasteiger partial charge in [-0.2, -0.15) is 0 Å². The molecule has 2 aliphatic heterocycles. The van der Waals surface area contributed by atoms with E-state index in [9.17, 15) is 0 Å². The smallest absolute Gasteiger partial charge is 0.0373 e. The molecule has 0 spiro atoms. The van der Waals surface area contributed by atoms with Crippen LogP contribution in [-0.4, -0.2) is 30.6 Å². The van der Waals surface area contributed by atoms with Crippen molar-refractivity contribution in [3.05, 3.63) is 29.8 Å². The number of hydrogen-bond acceptors (Lipinski definition) is 2. The van der Waals surface area contributed by atoms with Crippen molar-refractivity contribution in [2.75, 3.05) is 25.0 Å². The van der Waals surface area contributed by atoms with Gasteiger partial charge in [-0.15, -0.1) is 0 Å². The summed E-state index contributed by atoms with van der Waals surface area (Å²) in [5.41, 5.74) is 2.84. The first kappa shape index (κ1) is 13.0. The van der Waals surface area contributed by atoms with Crippen LogP contribution in [0.5, 0.6) is 0 Å². The third-order valence-corrected chi connectivity index (χ3v) is 5.01. The molecule has 0 aromatic heterocycles. The summed E-state index contributed by atoms with van der Waals surface area (Å²) in [7, 11) is 0. The summed E-state index contributed by atoms with van der Waals surface area (Å²) in [6.07, 6.45) is 3.91. The van der Waals surface area contributed by atoms with E-state index >= 15 is 0 Å².